The van der Waals surface area contributed by atoms with Crippen LogP contribution in [0, 0.1) is 17.8 Å². The Labute approximate surface area is 87.6 Å². The summed E-state index contributed by atoms with van der Waals surface area (Å²) in [6.45, 7) is 6.61. The van der Waals surface area contributed by atoms with Gasteiger partial charge in [0.15, 0.2) is 0 Å². The van der Waals surface area contributed by atoms with Crippen LogP contribution in [0.1, 0.15) is 26.2 Å². The summed E-state index contributed by atoms with van der Waals surface area (Å²) in [4.78, 5) is 2.45. The second-order valence-electron chi connectivity index (χ2n) is 4.96. The summed E-state index contributed by atoms with van der Waals surface area (Å²) in [6.07, 6.45) is 4.28. The van der Waals surface area contributed by atoms with Gasteiger partial charge in [-0.05, 0) is 64.1 Å². The van der Waals surface area contributed by atoms with E-state index in [9.17, 15) is 0 Å². The summed E-state index contributed by atoms with van der Waals surface area (Å²) in [5.41, 5.74) is 0. The van der Waals surface area contributed by atoms with Crippen molar-refractivity contribution < 1.29 is 4.74 Å². The SMILES string of the molecule is CCOCC1C[C@@H]1C1CCN(C)CC1. The highest BCUT2D eigenvalue weighted by atomic mass is 16.5. The highest BCUT2D eigenvalue weighted by Crippen LogP contribution is 2.47. The Morgan fingerprint density at radius 1 is 1.29 bits per heavy atom. The topological polar surface area (TPSA) is 12.5 Å². The van der Waals surface area contributed by atoms with Gasteiger partial charge in [-0.2, -0.15) is 0 Å². The summed E-state index contributed by atoms with van der Waals surface area (Å²) in [5.74, 6) is 2.93. The molecule has 1 unspecified atom stereocenters. The molecule has 1 heterocycles. The molecule has 0 radical (unpaired) electrons. The van der Waals surface area contributed by atoms with Crippen LogP contribution in [0.5, 0.6) is 0 Å². The summed E-state index contributed by atoms with van der Waals surface area (Å²) < 4.78 is 5.49. The van der Waals surface area contributed by atoms with Crippen molar-refractivity contribution in [2.75, 3.05) is 33.4 Å². The highest BCUT2D eigenvalue weighted by molar-refractivity contribution is 4.92. The van der Waals surface area contributed by atoms with Crippen LogP contribution in [0.25, 0.3) is 0 Å². The zero-order chi connectivity index (χ0) is 9.97. The molecule has 0 spiro atoms. The molecule has 0 aromatic carbocycles. The van der Waals surface area contributed by atoms with Crippen molar-refractivity contribution in [3.05, 3.63) is 0 Å². The van der Waals surface area contributed by atoms with E-state index in [1.54, 1.807) is 0 Å². The fourth-order valence-corrected chi connectivity index (χ4v) is 2.77. The number of piperidine rings is 1. The van der Waals surface area contributed by atoms with Gasteiger partial charge in [0.25, 0.3) is 0 Å². The largest absolute Gasteiger partial charge is 0.381 e. The minimum Gasteiger partial charge on any atom is -0.381 e. The average Bonchev–Trinajstić information content (AvgIpc) is 2.95. The Kier molecular flexibility index (Phi) is 3.45. The smallest absolute Gasteiger partial charge is 0.0496 e. The van der Waals surface area contributed by atoms with Crippen LogP contribution in [0.2, 0.25) is 0 Å². The molecule has 0 aromatic rings. The van der Waals surface area contributed by atoms with Crippen molar-refractivity contribution in [2.45, 2.75) is 26.2 Å². The molecule has 0 bridgehead atoms. The lowest BCUT2D eigenvalue weighted by atomic mass is 9.91. The standard InChI is InChI=1S/C12H23NO/c1-3-14-9-11-8-12(11)10-4-6-13(2)7-5-10/h10-12H,3-9H2,1-2H3/t11?,12-/m1/s1. The maximum Gasteiger partial charge on any atom is 0.0496 e. The molecule has 2 nitrogen and oxygen atoms in total. The zero-order valence-electron chi connectivity index (χ0n) is 9.54. The maximum absolute atomic E-state index is 5.49. The molecule has 82 valence electrons. The predicted octanol–water partition coefficient (Wildman–Crippen LogP) is 2.00. The van der Waals surface area contributed by atoms with Crippen molar-refractivity contribution in [2.24, 2.45) is 17.8 Å². The van der Waals surface area contributed by atoms with E-state index in [0.29, 0.717) is 0 Å². The van der Waals surface area contributed by atoms with Gasteiger partial charge in [-0.3, -0.25) is 0 Å². The number of likely N-dealkylation sites (tertiary alicyclic amines) is 1. The van der Waals surface area contributed by atoms with Gasteiger partial charge < -0.3 is 9.64 Å². The fourth-order valence-electron chi connectivity index (χ4n) is 2.77. The van der Waals surface area contributed by atoms with E-state index >= 15 is 0 Å². The number of hydrogen-bond donors (Lipinski definition) is 0. The number of rotatable bonds is 4. The van der Waals surface area contributed by atoms with E-state index in [-0.39, 0.29) is 0 Å². The minimum absolute atomic E-state index is 0.886. The van der Waals surface area contributed by atoms with Crippen LogP contribution in [0.4, 0.5) is 0 Å². The van der Waals surface area contributed by atoms with E-state index in [0.717, 1.165) is 31.0 Å². The molecule has 0 aromatic heterocycles. The first-order chi connectivity index (χ1) is 6.81. The number of nitrogens with zero attached hydrogens (tertiary/aromatic N) is 1. The third-order valence-electron chi connectivity index (χ3n) is 3.88. The number of hydrogen-bond acceptors (Lipinski definition) is 2. The van der Waals surface area contributed by atoms with Crippen molar-refractivity contribution in [1.82, 2.24) is 4.90 Å². The number of ether oxygens (including phenoxy) is 1. The molecule has 2 aliphatic rings. The van der Waals surface area contributed by atoms with Crippen LogP contribution in [0.15, 0.2) is 0 Å². The van der Waals surface area contributed by atoms with E-state index in [1.807, 2.05) is 0 Å². The summed E-state index contributed by atoms with van der Waals surface area (Å²) in [5, 5.41) is 0. The Bertz CT molecular complexity index is 175. The van der Waals surface area contributed by atoms with E-state index in [4.69, 9.17) is 4.74 Å². The van der Waals surface area contributed by atoms with Gasteiger partial charge in [0.2, 0.25) is 0 Å². The molecule has 2 atom stereocenters. The molecule has 0 amide bonds. The van der Waals surface area contributed by atoms with Crippen molar-refractivity contribution in [1.29, 1.82) is 0 Å². The van der Waals surface area contributed by atoms with Gasteiger partial charge in [-0.25, -0.2) is 0 Å². The molecule has 14 heavy (non-hydrogen) atoms. The normalized spacial score (nSPS) is 34.7. The second-order valence-corrected chi connectivity index (χ2v) is 4.96. The molecule has 1 aliphatic heterocycles. The minimum atomic E-state index is 0.886. The Hall–Kier alpha value is -0.0800. The molecular weight excluding hydrogens is 174 g/mol. The van der Waals surface area contributed by atoms with Crippen LogP contribution in [0.3, 0.4) is 0 Å². The van der Waals surface area contributed by atoms with Gasteiger partial charge >= 0.3 is 0 Å². The third-order valence-corrected chi connectivity index (χ3v) is 3.88. The molecular formula is C12H23NO. The maximum atomic E-state index is 5.49. The lowest BCUT2D eigenvalue weighted by Gasteiger charge is -2.29. The molecule has 1 aliphatic carbocycles. The Morgan fingerprint density at radius 2 is 2.00 bits per heavy atom. The van der Waals surface area contributed by atoms with Crippen molar-refractivity contribution in [3.63, 3.8) is 0 Å². The van der Waals surface area contributed by atoms with Gasteiger partial charge in [0.05, 0.1) is 0 Å². The van der Waals surface area contributed by atoms with Crippen LogP contribution >= 0.6 is 0 Å². The second kappa shape index (κ2) is 4.63. The first kappa shape index (κ1) is 10.4. The van der Waals surface area contributed by atoms with Crippen LogP contribution in [-0.4, -0.2) is 38.3 Å². The monoisotopic (exact) mass is 197 g/mol. The third kappa shape index (κ3) is 2.48. The molecule has 1 saturated carbocycles. The predicted molar refractivity (Wildman–Crippen MR) is 58.3 cm³/mol. The lowest BCUT2D eigenvalue weighted by molar-refractivity contribution is 0.124. The average molecular weight is 197 g/mol. The molecule has 2 fully saturated rings. The van der Waals surface area contributed by atoms with Gasteiger partial charge in [0, 0.05) is 13.2 Å². The van der Waals surface area contributed by atoms with Crippen LogP contribution in [-0.2, 0) is 4.74 Å². The Balaban J connectivity index is 1.66. The van der Waals surface area contributed by atoms with Crippen molar-refractivity contribution >= 4 is 0 Å². The molecule has 2 rings (SSSR count). The summed E-state index contributed by atoms with van der Waals surface area (Å²) in [6, 6.07) is 0. The van der Waals surface area contributed by atoms with Gasteiger partial charge in [-0.1, -0.05) is 0 Å². The summed E-state index contributed by atoms with van der Waals surface area (Å²) >= 11 is 0. The van der Waals surface area contributed by atoms with Crippen molar-refractivity contribution in [3.8, 4) is 0 Å². The first-order valence-corrected chi connectivity index (χ1v) is 6.07. The zero-order valence-corrected chi connectivity index (χ0v) is 9.54. The molecule has 2 heteroatoms. The lowest BCUT2D eigenvalue weighted by Crippen LogP contribution is -2.31. The fraction of sp³-hybridized carbons (Fsp3) is 1.00. The highest BCUT2D eigenvalue weighted by Gasteiger charge is 2.43. The van der Waals surface area contributed by atoms with Gasteiger partial charge in [-0.15, -0.1) is 0 Å². The molecule has 1 saturated heterocycles. The van der Waals surface area contributed by atoms with E-state index in [2.05, 4.69) is 18.9 Å². The quantitative estimate of drug-likeness (QED) is 0.683. The molecule has 0 N–H and O–H groups in total. The summed E-state index contributed by atoms with van der Waals surface area (Å²) in [7, 11) is 2.24. The Morgan fingerprint density at radius 3 is 2.64 bits per heavy atom. The van der Waals surface area contributed by atoms with Crippen LogP contribution < -0.4 is 0 Å². The first-order valence-electron chi connectivity index (χ1n) is 6.07. The van der Waals surface area contributed by atoms with E-state index in [1.165, 1.54) is 32.4 Å². The van der Waals surface area contributed by atoms with Gasteiger partial charge in [0.1, 0.15) is 0 Å². The van der Waals surface area contributed by atoms with E-state index < -0.39 is 0 Å².